The van der Waals surface area contributed by atoms with E-state index in [1.165, 1.54) is 43.7 Å². The van der Waals surface area contributed by atoms with Crippen molar-refractivity contribution in [1.29, 1.82) is 0 Å². The predicted molar refractivity (Wildman–Crippen MR) is 117 cm³/mol. The molecule has 1 aromatic carbocycles. The van der Waals surface area contributed by atoms with Crippen LogP contribution in [0.2, 0.25) is 5.02 Å². The summed E-state index contributed by atoms with van der Waals surface area (Å²) in [4.78, 5) is 12.2. The lowest BCUT2D eigenvalue weighted by Crippen LogP contribution is -2.48. The Kier molecular flexibility index (Phi) is 7.56. The van der Waals surface area contributed by atoms with Crippen LogP contribution in [0.25, 0.3) is 10.9 Å². The topological polar surface area (TPSA) is 34.6 Å². The molecule has 0 saturated carbocycles. The Balaban J connectivity index is 0.00000210. The van der Waals surface area contributed by atoms with Gasteiger partial charge in [0.15, 0.2) is 0 Å². The molecule has 0 amide bonds. The molecule has 2 aromatic rings. The third-order valence-electron chi connectivity index (χ3n) is 5.55. The molecule has 0 bridgehead atoms. The van der Waals surface area contributed by atoms with Gasteiger partial charge in [0.05, 0.1) is 5.52 Å². The molecule has 0 atom stereocenters. The molecule has 2 saturated heterocycles. The number of benzene rings is 1. The number of nitrogens with one attached hydrogen (secondary N) is 1. The molecule has 2 fully saturated rings. The second-order valence-corrected chi connectivity index (χ2v) is 7.70. The molecule has 0 spiro atoms. The Morgan fingerprint density at radius 1 is 0.926 bits per heavy atom. The maximum absolute atomic E-state index is 6.11. The van der Waals surface area contributed by atoms with Gasteiger partial charge in [-0.15, -0.1) is 12.4 Å². The van der Waals surface area contributed by atoms with Crippen LogP contribution in [0.15, 0.2) is 30.5 Å². The van der Waals surface area contributed by atoms with Crippen LogP contribution in [-0.4, -0.2) is 80.2 Å². The average Bonchev–Trinajstić information content (AvgIpc) is 2.69. The first-order chi connectivity index (χ1) is 12.8. The fourth-order valence-electron chi connectivity index (χ4n) is 4.05. The highest BCUT2D eigenvalue weighted by Crippen LogP contribution is 2.28. The average molecular weight is 410 g/mol. The minimum absolute atomic E-state index is 0. The molecule has 0 unspecified atom stereocenters. The molecule has 2 aliphatic heterocycles. The highest BCUT2D eigenvalue weighted by molar-refractivity contribution is 6.31. The Bertz CT molecular complexity index is 727. The SMILES string of the molecule is Cl.Clc1ccc2c(N3CCN(CCCN4CCNCC4)CC3)ccnc2c1. The molecule has 3 heterocycles. The summed E-state index contributed by atoms with van der Waals surface area (Å²) in [6.45, 7) is 11.6. The lowest BCUT2D eigenvalue weighted by atomic mass is 10.1. The summed E-state index contributed by atoms with van der Waals surface area (Å²) in [5.74, 6) is 0. The van der Waals surface area contributed by atoms with Crippen molar-refractivity contribution < 1.29 is 0 Å². The van der Waals surface area contributed by atoms with Crippen molar-refractivity contribution in [3.63, 3.8) is 0 Å². The standard InChI is InChI=1S/C20H28ClN5.ClH/c21-17-2-3-18-19(16-17)23-5-4-20(18)26-14-12-25(13-15-26)9-1-8-24-10-6-22-7-11-24;/h2-5,16,22H,1,6-15H2;1H. The number of hydrogen-bond donors (Lipinski definition) is 1. The summed E-state index contributed by atoms with van der Waals surface area (Å²) in [5, 5.41) is 5.37. The van der Waals surface area contributed by atoms with Crippen molar-refractivity contribution in [2.45, 2.75) is 6.42 Å². The summed E-state index contributed by atoms with van der Waals surface area (Å²) in [5.41, 5.74) is 2.26. The van der Waals surface area contributed by atoms with Crippen LogP contribution in [0, 0.1) is 0 Å². The lowest BCUT2D eigenvalue weighted by molar-refractivity contribution is 0.205. The van der Waals surface area contributed by atoms with Gasteiger partial charge >= 0.3 is 0 Å². The highest BCUT2D eigenvalue weighted by atomic mass is 35.5. The molecule has 1 N–H and O–H groups in total. The van der Waals surface area contributed by atoms with E-state index in [2.05, 4.69) is 37.1 Å². The third-order valence-corrected chi connectivity index (χ3v) is 5.79. The van der Waals surface area contributed by atoms with E-state index in [4.69, 9.17) is 11.6 Å². The van der Waals surface area contributed by atoms with E-state index in [0.717, 1.165) is 49.8 Å². The number of anilines is 1. The molecule has 148 valence electrons. The van der Waals surface area contributed by atoms with Crippen LogP contribution in [0.1, 0.15) is 6.42 Å². The van der Waals surface area contributed by atoms with Crippen LogP contribution in [0.5, 0.6) is 0 Å². The zero-order valence-electron chi connectivity index (χ0n) is 15.7. The van der Waals surface area contributed by atoms with Gasteiger partial charge in [0.1, 0.15) is 0 Å². The quantitative estimate of drug-likeness (QED) is 0.820. The Morgan fingerprint density at radius 3 is 2.37 bits per heavy atom. The van der Waals surface area contributed by atoms with Gasteiger partial charge in [0.25, 0.3) is 0 Å². The fraction of sp³-hybridized carbons (Fsp3) is 0.550. The summed E-state index contributed by atoms with van der Waals surface area (Å²) in [6.07, 6.45) is 3.17. The molecule has 4 rings (SSSR count). The van der Waals surface area contributed by atoms with E-state index in [0.29, 0.717) is 0 Å². The number of aromatic nitrogens is 1. The summed E-state index contributed by atoms with van der Waals surface area (Å²) < 4.78 is 0. The molecule has 7 heteroatoms. The van der Waals surface area contributed by atoms with Crippen LogP contribution in [0.4, 0.5) is 5.69 Å². The number of pyridine rings is 1. The second kappa shape index (κ2) is 9.89. The number of piperazine rings is 2. The molecule has 1 aromatic heterocycles. The van der Waals surface area contributed by atoms with Crippen LogP contribution < -0.4 is 10.2 Å². The number of rotatable bonds is 5. The first-order valence-electron chi connectivity index (χ1n) is 9.74. The van der Waals surface area contributed by atoms with Gasteiger partial charge in [-0.25, -0.2) is 0 Å². The first kappa shape index (κ1) is 20.6. The Hall–Kier alpha value is -1.11. The molecular formula is C20H29Cl2N5. The number of hydrogen-bond acceptors (Lipinski definition) is 5. The van der Waals surface area contributed by atoms with Gasteiger partial charge in [-0.2, -0.15) is 0 Å². The molecular weight excluding hydrogens is 381 g/mol. The second-order valence-electron chi connectivity index (χ2n) is 7.27. The van der Waals surface area contributed by atoms with E-state index in [9.17, 15) is 0 Å². The minimum Gasteiger partial charge on any atom is -0.368 e. The van der Waals surface area contributed by atoms with E-state index < -0.39 is 0 Å². The predicted octanol–water partition coefficient (Wildman–Crippen LogP) is 2.73. The van der Waals surface area contributed by atoms with Gasteiger partial charge in [-0.3, -0.25) is 9.88 Å². The van der Waals surface area contributed by atoms with Crippen molar-refractivity contribution in [2.24, 2.45) is 0 Å². The van der Waals surface area contributed by atoms with Crippen molar-refractivity contribution in [2.75, 3.05) is 70.3 Å². The number of nitrogens with zero attached hydrogens (tertiary/aromatic N) is 4. The minimum atomic E-state index is 0. The van der Waals surface area contributed by atoms with Crippen LogP contribution in [-0.2, 0) is 0 Å². The van der Waals surface area contributed by atoms with E-state index in [-0.39, 0.29) is 12.4 Å². The van der Waals surface area contributed by atoms with Crippen LogP contribution in [0.3, 0.4) is 0 Å². The smallest absolute Gasteiger partial charge is 0.0737 e. The molecule has 5 nitrogen and oxygen atoms in total. The van der Waals surface area contributed by atoms with E-state index in [1.54, 1.807) is 0 Å². The van der Waals surface area contributed by atoms with E-state index in [1.807, 2.05) is 18.3 Å². The van der Waals surface area contributed by atoms with Crippen molar-refractivity contribution in [3.05, 3.63) is 35.5 Å². The van der Waals surface area contributed by atoms with Crippen LogP contribution >= 0.6 is 24.0 Å². The molecule has 27 heavy (non-hydrogen) atoms. The van der Waals surface area contributed by atoms with Crippen molar-refractivity contribution in [3.8, 4) is 0 Å². The Labute approximate surface area is 173 Å². The maximum atomic E-state index is 6.11. The zero-order chi connectivity index (χ0) is 17.8. The van der Waals surface area contributed by atoms with Gasteiger partial charge < -0.3 is 15.1 Å². The maximum Gasteiger partial charge on any atom is 0.0737 e. The summed E-state index contributed by atoms with van der Waals surface area (Å²) in [6, 6.07) is 8.14. The first-order valence-corrected chi connectivity index (χ1v) is 10.1. The van der Waals surface area contributed by atoms with Gasteiger partial charge in [-0.1, -0.05) is 11.6 Å². The van der Waals surface area contributed by atoms with Crippen molar-refractivity contribution >= 4 is 40.6 Å². The van der Waals surface area contributed by atoms with Gasteiger partial charge in [0, 0.05) is 74.7 Å². The van der Waals surface area contributed by atoms with E-state index >= 15 is 0 Å². The highest BCUT2D eigenvalue weighted by Gasteiger charge is 2.19. The summed E-state index contributed by atoms with van der Waals surface area (Å²) >= 11 is 6.11. The zero-order valence-corrected chi connectivity index (χ0v) is 17.3. The van der Waals surface area contributed by atoms with Gasteiger partial charge in [0.2, 0.25) is 0 Å². The molecule has 0 aliphatic carbocycles. The van der Waals surface area contributed by atoms with Gasteiger partial charge in [-0.05, 0) is 43.8 Å². The molecule has 0 radical (unpaired) electrons. The lowest BCUT2D eigenvalue weighted by Gasteiger charge is -2.37. The normalized spacial score (nSPS) is 19.2. The third kappa shape index (κ3) is 5.24. The number of halogens is 2. The summed E-state index contributed by atoms with van der Waals surface area (Å²) in [7, 11) is 0. The fourth-order valence-corrected chi connectivity index (χ4v) is 4.21. The largest absolute Gasteiger partial charge is 0.368 e. The Morgan fingerprint density at radius 2 is 1.63 bits per heavy atom. The monoisotopic (exact) mass is 409 g/mol. The van der Waals surface area contributed by atoms with Crippen molar-refractivity contribution in [1.82, 2.24) is 20.1 Å². The number of fused-ring (bicyclic) bond motifs is 1. The molecule has 2 aliphatic rings.